The fraction of sp³-hybridized carbons (Fsp3) is 0.370. The lowest BCUT2D eigenvalue weighted by Crippen LogP contribution is -2.40. The van der Waals surface area contributed by atoms with Gasteiger partial charge in [0, 0.05) is 18.0 Å². The number of hydrogen-bond donors (Lipinski definition) is 0. The molecule has 0 saturated carbocycles. The SMILES string of the molecule is CC1=C(C#Cc2ccc(CN3CCCCC3C=O)nn2)[C@H](C)C(F)C=C1c1ccccc1. The molecular formula is C27H28FN3O. The molecule has 1 fully saturated rings. The van der Waals surface area contributed by atoms with Crippen LogP contribution < -0.4 is 0 Å². The van der Waals surface area contributed by atoms with Gasteiger partial charge in [0.25, 0.3) is 0 Å². The number of benzene rings is 1. The number of rotatable bonds is 4. The van der Waals surface area contributed by atoms with E-state index < -0.39 is 6.17 Å². The number of hydrogen-bond acceptors (Lipinski definition) is 4. The molecule has 1 aromatic heterocycles. The van der Waals surface area contributed by atoms with E-state index in [1.54, 1.807) is 6.08 Å². The van der Waals surface area contributed by atoms with Crippen molar-refractivity contribution in [1.82, 2.24) is 15.1 Å². The zero-order chi connectivity index (χ0) is 22.5. The Morgan fingerprint density at radius 3 is 2.66 bits per heavy atom. The van der Waals surface area contributed by atoms with E-state index >= 15 is 0 Å². The minimum absolute atomic E-state index is 0.0340. The fourth-order valence-electron chi connectivity index (χ4n) is 4.43. The van der Waals surface area contributed by atoms with E-state index in [2.05, 4.69) is 26.9 Å². The molecule has 0 bridgehead atoms. The molecule has 4 rings (SSSR count). The first-order valence-corrected chi connectivity index (χ1v) is 11.2. The van der Waals surface area contributed by atoms with Gasteiger partial charge in [0.15, 0.2) is 0 Å². The summed E-state index contributed by atoms with van der Waals surface area (Å²) in [5.41, 5.74) is 5.07. The Bertz CT molecular complexity index is 1080. The first kappa shape index (κ1) is 22.1. The van der Waals surface area contributed by atoms with E-state index in [1.165, 1.54) is 0 Å². The Labute approximate surface area is 189 Å². The predicted octanol–water partition coefficient (Wildman–Crippen LogP) is 4.77. The van der Waals surface area contributed by atoms with Crippen molar-refractivity contribution >= 4 is 11.9 Å². The van der Waals surface area contributed by atoms with Crippen LogP contribution in [0.3, 0.4) is 0 Å². The average molecular weight is 430 g/mol. The number of carbonyl (C=O) groups excluding carboxylic acids is 1. The Balaban J connectivity index is 1.53. The lowest BCUT2D eigenvalue weighted by molar-refractivity contribution is -0.113. The molecular weight excluding hydrogens is 401 g/mol. The fourth-order valence-corrected chi connectivity index (χ4v) is 4.43. The highest BCUT2D eigenvalue weighted by Crippen LogP contribution is 2.36. The van der Waals surface area contributed by atoms with Crippen molar-refractivity contribution < 1.29 is 9.18 Å². The minimum Gasteiger partial charge on any atom is -0.302 e. The molecule has 1 aromatic carbocycles. The van der Waals surface area contributed by atoms with Crippen LogP contribution in [0.1, 0.15) is 50.1 Å². The van der Waals surface area contributed by atoms with Gasteiger partial charge in [0.05, 0.1) is 11.7 Å². The number of aromatic nitrogens is 2. The molecule has 0 N–H and O–H groups in total. The summed E-state index contributed by atoms with van der Waals surface area (Å²) in [6.07, 6.45) is 4.74. The molecule has 2 aromatic rings. The van der Waals surface area contributed by atoms with E-state index in [4.69, 9.17) is 0 Å². The van der Waals surface area contributed by atoms with Crippen molar-refractivity contribution in [2.45, 2.75) is 51.9 Å². The molecule has 5 heteroatoms. The summed E-state index contributed by atoms with van der Waals surface area (Å²) >= 11 is 0. The van der Waals surface area contributed by atoms with Crippen LogP contribution in [0.4, 0.5) is 4.39 Å². The van der Waals surface area contributed by atoms with Crippen LogP contribution in [-0.4, -0.2) is 40.1 Å². The number of aldehydes is 1. The van der Waals surface area contributed by atoms with Crippen molar-refractivity contribution in [1.29, 1.82) is 0 Å². The maximum Gasteiger partial charge on any atom is 0.137 e. The number of piperidine rings is 1. The molecule has 2 aliphatic rings. The van der Waals surface area contributed by atoms with Crippen LogP contribution >= 0.6 is 0 Å². The normalized spacial score (nSPS) is 23.8. The summed E-state index contributed by atoms with van der Waals surface area (Å²) in [5, 5.41) is 8.57. The van der Waals surface area contributed by atoms with Crippen LogP contribution in [-0.2, 0) is 11.3 Å². The molecule has 1 saturated heterocycles. The molecule has 2 unspecified atom stereocenters. The quantitative estimate of drug-likeness (QED) is 0.519. The van der Waals surface area contributed by atoms with Crippen LogP contribution in [0.2, 0.25) is 0 Å². The van der Waals surface area contributed by atoms with E-state index in [0.29, 0.717) is 12.2 Å². The zero-order valence-electron chi connectivity index (χ0n) is 18.6. The van der Waals surface area contributed by atoms with Gasteiger partial charge in [-0.3, -0.25) is 4.90 Å². The van der Waals surface area contributed by atoms with Crippen molar-refractivity contribution in [3.05, 3.63) is 76.6 Å². The number of allylic oxidation sites excluding steroid dienone is 4. The van der Waals surface area contributed by atoms with Gasteiger partial charge in [-0.15, -0.1) is 5.10 Å². The second-order valence-corrected chi connectivity index (χ2v) is 8.55. The molecule has 164 valence electrons. The standard InChI is InChI=1S/C27H28FN3O/c1-19-25(20(2)27(28)16-26(19)21-8-4-3-5-9-21)14-13-22-11-12-23(30-29-22)17-31-15-7-6-10-24(31)18-32/h3-5,8-9,11-12,16,18,20,24,27H,6-7,10,15,17H2,1-2H3/t20-,24?,27?/m0/s1. The van der Waals surface area contributed by atoms with Crippen molar-refractivity contribution in [3.8, 4) is 11.8 Å². The van der Waals surface area contributed by atoms with Crippen molar-refractivity contribution in [2.75, 3.05) is 6.54 Å². The smallest absolute Gasteiger partial charge is 0.137 e. The Morgan fingerprint density at radius 2 is 1.94 bits per heavy atom. The first-order valence-electron chi connectivity index (χ1n) is 11.2. The van der Waals surface area contributed by atoms with Gasteiger partial charge in [0.1, 0.15) is 18.2 Å². The van der Waals surface area contributed by atoms with Gasteiger partial charge in [0.2, 0.25) is 0 Å². The molecule has 32 heavy (non-hydrogen) atoms. The molecule has 0 radical (unpaired) electrons. The topological polar surface area (TPSA) is 46.1 Å². The predicted molar refractivity (Wildman–Crippen MR) is 124 cm³/mol. The summed E-state index contributed by atoms with van der Waals surface area (Å²) < 4.78 is 14.8. The monoisotopic (exact) mass is 429 g/mol. The zero-order valence-corrected chi connectivity index (χ0v) is 18.6. The van der Waals surface area contributed by atoms with Gasteiger partial charge in [-0.2, -0.15) is 5.10 Å². The van der Waals surface area contributed by atoms with E-state index in [1.807, 2.05) is 56.3 Å². The van der Waals surface area contributed by atoms with Gasteiger partial charge < -0.3 is 4.79 Å². The van der Waals surface area contributed by atoms with E-state index in [-0.39, 0.29) is 12.0 Å². The lowest BCUT2D eigenvalue weighted by Gasteiger charge is -2.31. The van der Waals surface area contributed by atoms with Crippen LogP contribution in [0.5, 0.6) is 0 Å². The van der Waals surface area contributed by atoms with Crippen LogP contribution in [0, 0.1) is 17.8 Å². The van der Waals surface area contributed by atoms with Crippen molar-refractivity contribution in [3.63, 3.8) is 0 Å². The van der Waals surface area contributed by atoms with Crippen molar-refractivity contribution in [2.24, 2.45) is 5.92 Å². The lowest BCUT2D eigenvalue weighted by atomic mass is 9.81. The third-order valence-electron chi connectivity index (χ3n) is 6.38. The minimum atomic E-state index is -1.08. The molecule has 1 aliphatic carbocycles. The second kappa shape index (κ2) is 10.0. The molecule has 0 amide bonds. The molecule has 0 spiro atoms. The molecule has 1 aliphatic heterocycles. The summed E-state index contributed by atoms with van der Waals surface area (Å²) in [6, 6.07) is 13.6. The second-order valence-electron chi connectivity index (χ2n) is 8.55. The van der Waals surface area contributed by atoms with Crippen LogP contribution in [0.25, 0.3) is 5.57 Å². The molecule has 4 nitrogen and oxygen atoms in total. The highest BCUT2D eigenvalue weighted by Gasteiger charge is 2.27. The maximum absolute atomic E-state index is 14.8. The Hall–Kier alpha value is -3.10. The molecule has 2 heterocycles. The summed E-state index contributed by atoms with van der Waals surface area (Å²) in [6.45, 7) is 5.38. The van der Waals surface area contributed by atoms with E-state index in [9.17, 15) is 9.18 Å². The summed E-state index contributed by atoms with van der Waals surface area (Å²) in [5.74, 6) is 5.94. The van der Waals surface area contributed by atoms with Crippen LogP contribution in [0.15, 0.2) is 59.7 Å². The summed E-state index contributed by atoms with van der Waals surface area (Å²) in [7, 11) is 0. The Kier molecular flexibility index (Phi) is 6.92. The number of halogens is 1. The third kappa shape index (κ3) is 4.87. The number of nitrogens with zero attached hydrogens (tertiary/aromatic N) is 3. The highest BCUT2D eigenvalue weighted by atomic mass is 19.1. The maximum atomic E-state index is 14.8. The third-order valence-corrected chi connectivity index (χ3v) is 6.38. The largest absolute Gasteiger partial charge is 0.302 e. The number of likely N-dealkylation sites (tertiary alicyclic amines) is 1. The summed E-state index contributed by atoms with van der Waals surface area (Å²) in [4.78, 5) is 13.5. The highest BCUT2D eigenvalue weighted by molar-refractivity contribution is 5.82. The van der Waals surface area contributed by atoms with Gasteiger partial charge >= 0.3 is 0 Å². The average Bonchev–Trinajstić information content (AvgIpc) is 2.83. The van der Waals surface area contributed by atoms with Gasteiger partial charge in [-0.1, -0.05) is 49.6 Å². The van der Waals surface area contributed by atoms with E-state index in [0.717, 1.165) is 60.1 Å². The number of carbonyl (C=O) groups is 1. The van der Waals surface area contributed by atoms with Gasteiger partial charge in [-0.25, -0.2) is 4.39 Å². The van der Waals surface area contributed by atoms with Gasteiger partial charge in [-0.05, 0) is 67.1 Å². The molecule has 3 atom stereocenters. The Morgan fingerprint density at radius 1 is 1.12 bits per heavy atom. The first-order chi connectivity index (χ1) is 15.6. The number of alkyl halides is 1.